The van der Waals surface area contributed by atoms with E-state index in [1.807, 2.05) is 36.6 Å². The van der Waals surface area contributed by atoms with E-state index in [-0.39, 0.29) is 24.9 Å². The van der Waals surface area contributed by atoms with Crippen molar-refractivity contribution in [1.82, 2.24) is 10.3 Å². The minimum absolute atomic E-state index is 0. The van der Waals surface area contributed by atoms with Crippen LogP contribution < -0.4 is 10.6 Å². The van der Waals surface area contributed by atoms with E-state index in [2.05, 4.69) is 15.6 Å². The molecule has 23 heavy (non-hydrogen) atoms. The van der Waals surface area contributed by atoms with Gasteiger partial charge in [-0.25, -0.2) is 4.98 Å². The van der Waals surface area contributed by atoms with Gasteiger partial charge in [0.05, 0.1) is 13.2 Å². The first-order valence-electron chi connectivity index (χ1n) is 6.87. The van der Waals surface area contributed by atoms with Crippen LogP contribution in [-0.2, 0) is 9.53 Å². The van der Waals surface area contributed by atoms with Crippen molar-refractivity contribution in [1.29, 1.82) is 0 Å². The Morgan fingerprint density at radius 3 is 2.70 bits per heavy atom. The van der Waals surface area contributed by atoms with Crippen molar-refractivity contribution < 1.29 is 9.53 Å². The highest BCUT2D eigenvalue weighted by molar-refractivity contribution is 8.01. The molecule has 0 saturated carbocycles. The third-order valence-corrected chi connectivity index (χ3v) is 4.77. The maximum Gasteiger partial charge on any atom is 0.238 e. The number of hydrogen-bond acceptors (Lipinski definition) is 6. The lowest BCUT2D eigenvalue weighted by Crippen LogP contribution is -2.30. The van der Waals surface area contributed by atoms with Crippen molar-refractivity contribution in [3.05, 3.63) is 35.3 Å². The molecule has 0 fully saturated rings. The zero-order valence-corrected chi connectivity index (χ0v) is 15.4. The summed E-state index contributed by atoms with van der Waals surface area (Å²) < 4.78 is 5.93. The first-order valence-corrected chi connectivity index (χ1v) is 8.56. The second-order valence-electron chi connectivity index (χ2n) is 4.60. The maximum absolute atomic E-state index is 11.7. The number of aryl methyl sites for hydroxylation is 1. The van der Waals surface area contributed by atoms with E-state index in [0.29, 0.717) is 13.2 Å². The number of methoxy groups -OCH3 is 1. The lowest BCUT2D eigenvalue weighted by atomic mass is 10.3. The SMILES string of the molecule is COCCNCC(=O)Nc1ccc(Sc2nc(C)cs2)cc1.Cl. The summed E-state index contributed by atoms with van der Waals surface area (Å²) >= 11 is 3.26. The van der Waals surface area contributed by atoms with Crippen LogP contribution in [0.4, 0.5) is 5.69 Å². The monoisotopic (exact) mass is 373 g/mol. The van der Waals surface area contributed by atoms with Gasteiger partial charge in [-0.2, -0.15) is 0 Å². The molecule has 1 aromatic heterocycles. The summed E-state index contributed by atoms with van der Waals surface area (Å²) in [5.74, 6) is -0.0629. The van der Waals surface area contributed by atoms with Crippen LogP contribution in [0, 0.1) is 6.92 Å². The molecule has 2 rings (SSSR count). The average molecular weight is 374 g/mol. The molecule has 0 aliphatic heterocycles. The second kappa shape index (κ2) is 10.6. The highest BCUT2D eigenvalue weighted by atomic mass is 35.5. The molecule has 0 radical (unpaired) electrons. The molecule has 2 N–H and O–H groups in total. The minimum atomic E-state index is -0.0629. The van der Waals surface area contributed by atoms with E-state index in [9.17, 15) is 4.79 Å². The van der Waals surface area contributed by atoms with Crippen molar-refractivity contribution in [3.63, 3.8) is 0 Å². The summed E-state index contributed by atoms with van der Waals surface area (Å²) in [6.45, 7) is 3.51. The molecule has 0 spiro atoms. The molecule has 1 amide bonds. The van der Waals surface area contributed by atoms with Gasteiger partial charge in [0.15, 0.2) is 4.34 Å². The van der Waals surface area contributed by atoms with Gasteiger partial charge in [0.1, 0.15) is 0 Å². The first-order chi connectivity index (χ1) is 10.7. The Morgan fingerprint density at radius 1 is 1.35 bits per heavy atom. The standard InChI is InChI=1S/C15H19N3O2S2.ClH/c1-11-10-21-15(17-11)22-13-5-3-12(4-6-13)18-14(19)9-16-7-8-20-2;/h3-6,10,16H,7-9H2,1-2H3,(H,18,19);1H. The zero-order chi connectivity index (χ0) is 15.8. The minimum Gasteiger partial charge on any atom is -0.383 e. The third-order valence-electron chi connectivity index (χ3n) is 2.71. The molecule has 5 nitrogen and oxygen atoms in total. The van der Waals surface area contributed by atoms with E-state index in [1.54, 1.807) is 30.2 Å². The number of halogens is 1. The van der Waals surface area contributed by atoms with Crippen molar-refractivity contribution in [3.8, 4) is 0 Å². The lowest BCUT2D eigenvalue weighted by molar-refractivity contribution is -0.115. The average Bonchev–Trinajstić information content (AvgIpc) is 2.91. The molecule has 0 aliphatic carbocycles. The molecule has 1 heterocycles. The molecule has 2 aromatic rings. The normalized spacial score (nSPS) is 10.2. The van der Waals surface area contributed by atoms with Crippen molar-refractivity contribution in [2.45, 2.75) is 16.2 Å². The number of carbonyl (C=O) groups is 1. The number of aromatic nitrogens is 1. The maximum atomic E-state index is 11.7. The van der Waals surface area contributed by atoms with Crippen LogP contribution in [0.25, 0.3) is 0 Å². The smallest absolute Gasteiger partial charge is 0.238 e. The molecule has 8 heteroatoms. The molecule has 1 aromatic carbocycles. The lowest BCUT2D eigenvalue weighted by Gasteiger charge is -2.07. The number of nitrogens with zero attached hydrogens (tertiary/aromatic N) is 1. The van der Waals surface area contributed by atoms with Crippen molar-refractivity contribution >= 4 is 47.1 Å². The Kier molecular flexibility index (Phi) is 9.20. The van der Waals surface area contributed by atoms with E-state index >= 15 is 0 Å². The Labute approximate surface area is 150 Å². The van der Waals surface area contributed by atoms with Gasteiger partial charge in [0.2, 0.25) is 5.91 Å². The molecular weight excluding hydrogens is 354 g/mol. The van der Waals surface area contributed by atoms with Crippen LogP contribution >= 0.6 is 35.5 Å². The number of anilines is 1. The van der Waals surface area contributed by atoms with Gasteiger partial charge >= 0.3 is 0 Å². The molecule has 0 unspecified atom stereocenters. The number of carbonyl (C=O) groups excluding carboxylic acids is 1. The van der Waals surface area contributed by atoms with Gasteiger partial charge < -0.3 is 15.4 Å². The second-order valence-corrected chi connectivity index (χ2v) is 6.78. The van der Waals surface area contributed by atoms with Crippen LogP contribution in [0.1, 0.15) is 5.69 Å². The number of benzene rings is 1. The summed E-state index contributed by atoms with van der Waals surface area (Å²) in [4.78, 5) is 17.2. The molecule has 126 valence electrons. The van der Waals surface area contributed by atoms with Gasteiger partial charge in [-0.3, -0.25) is 4.79 Å². The number of thiazole rings is 1. The quantitative estimate of drug-likeness (QED) is 0.696. The van der Waals surface area contributed by atoms with Crippen LogP contribution in [0.2, 0.25) is 0 Å². The topological polar surface area (TPSA) is 63.2 Å². The van der Waals surface area contributed by atoms with Gasteiger partial charge in [0.25, 0.3) is 0 Å². The summed E-state index contributed by atoms with van der Waals surface area (Å²) in [7, 11) is 1.63. The summed E-state index contributed by atoms with van der Waals surface area (Å²) in [5, 5.41) is 7.89. The summed E-state index contributed by atoms with van der Waals surface area (Å²) in [6, 6.07) is 7.76. The Morgan fingerprint density at radius 2 is 2.09 bits per heavy atom. The fourth-order valence-corrected chi connectivity index (χ4v) is 3.48. The van der Waals surface area contributed by atoms with E-state index in [4.69, 9.17) is 4.74 Å². The molecule has 0 bridgehead atoms. The number of rotatable bonds is 8. The Balaban J connectivity index is 0.00000264. The number of nitrogens with one attached hydrogen (secondary N) is 2. The van der Waals surface area contributed by atoms with Crippen LogP contribution in [-0.4, -0.2) is 37.7 Å². The summed E-state index contributed by atoms with van der Waals surface area (Å²) in [6.07, 6.45) is 0. The van der Waals surface area contributed by atoms with Gasteiger partial charge in [0, 0.05) is 35.3 Å². The highest BCUT2D eigenvalue weighted by Crippen LogP contribution is 2.30. The van der Waals surface area contributed by atoms with E-state index < -0.39 is 0 Å². The predicted octanol–water partition coefficient (Wildman–Crippen LogP) is 3.20. The fraction of sp³-hybridized carbons (Fsp3) is 0.333. The first kappa shape index (κ1) is 19.9. The predicted molar refractivity (Wildman–Crippen MR) is 98.0 cm³/mol. The van der Waals surface area contributed by atoms with Gasteiger partial charge in [-0.05, 0) is 31.2 Å². The van der Waals surface area contributed by atoms with Gasteiger partial charge in [-0.15, -0.1) is 23.7 Å². The number of amides is 1. The summed E-state index contributed by atoms with van der Waals surface area (Å²) in [5.41, 5.74) is 1.83. The van der Waals surface area contributed by atoms with Gasteiger partial charge in [-0.1, -0.05) is 11.8 Å². The van der Waals surface area contributed by atoms with Crippen molar-refractivity contribution in [2.75, 3.05) is 32.1 Å². The Bertz CT molecular complexity index is 605. The number of ether oxygens (including phenoxy) is 1. The van der Waals surface area contributed by atoms with E-state index in [0.717, 1.165) is 20.6 Å². The fourth-order valence-electron chi connectivity index (χ4n) is 1.67. The molecule has 0 saturated heterocycles. The van der Waals surface area contributed by atoms with Crippen LogP contribution in [0.3, 0.4) is 0 Å². The number of hydrogen-bond donors (Lipinski definition) is 2. The largest absolute Gasteiger partial charge is 0.383 e. The van der Waals surface area contributed by atoms with Crippen molar-refractivity contribution in [2.24, 2.45) is 0 Å². The molecular formula is C15H20ClN3O2S2. The highest BCUT2D eigenvalue weighted by Gasteiger charge is 2.04. The van der Waals surface area contributed by atoms with E-state index in [1.165, 1.54) is 0 Å². The zero-order valence-electron chi connectivity index (χ0n) is 13.0. The Hall–Kier alpha value is -1.12. The molecule has 0 aliphatic rings. The van der Waals surface area contributed by atoms with Crippen LogP contribution in [0.15, 0.2) is 38.9 Å². The third kappa shape index (κ3) is 7.32. The molecule has 0 atom stereocenters. The van der Waals surface area contributed by atoms with Crippen LogP contribution in [0.5, 0.6) is 0 Å².